The Labute approximate surface area is 169 Å². The molecule has 30 heavy (non-hydrogen) atoms. The summed E-state index contributed by atoms with van der Waals surface area (Å²) in [6, 6.07) is 1.98. The Hall–Kier alpha value is -2.85. The summed E-state index contributed by atoms with van der Waals surface area (Å²) >= 11 is 0. The number of hydrogen-bond donors (Lipinski definition) is 2. The van der Waals surface area contributed by atoms with E-state index in [1.807, 2.05) is 6.92 Å². The smallest absolute Gasteiger partial charge is 0.421 e. The number of carbonyl (C=O) groups excluding carboxylic acids is 1. The number of ether oxygens (including phenoxy) is 1. The van der Waals surface area contributed by atoms with Crippen molar-refractivity contribution in [3.63, 3.8) is 0 Å². The molecule has 2 aromatic rings. The molecule has 2 saturated heterocycles. The van der Waals surface area contributed by atoms with Gasteiger partial charge in [-0.05, 0) is 19.8 Å². The number of nitrogens with one attached hydrogen (secondary N) is 2. The largest absolute Gasteiger partial charge is 0.461 e. The van der Waals surface area contributed by atoms with Crippen LogP contribution in [0.15, 0.2) is 12.3 Å². The molecular weight excluding hydrogens is 401 g/mol. The summed E-state index contributed by atoms with van der Waals surface area (Å²) in [5.74, 6) is 0.263. The molecule has 2 aliphatic heterocycles. The van der Waals surface area contributed by atoms with Gasteiger partial charge in [-0.3, -0.25) is 4.79 Å². The molecular formula is C19H19F3N6O2. The Morgan fingerprint density at radius 1 is 1.37 bits per heavy atom. The summed E-state index contributed by atoms with van der Waals surface area (Å²) < 4.78 is 46.8. The lowest BCUT2D eigenvalue weighted by Crippen LogP contribution is -2.26. The number of alkyl halides is 3. The van der Waals surface area contributed by atoms with Crippen molar-refractivity contribution in [3.05, 3.63) is 23.5 Å². The zero-order valence-electron chi connectivity index (χ0n) is 16.2. The first-order valence-corrected chi connectivity index (χ1v) is 9.99. The average molecular weight is 420 g/mol. The van der Waals surface area contributed by atoms with Gasteiger partial charge in [-0.25, -0.2) is 9.67 Å². The SMILES string of the molecule is CCNc1nc(Nc2cc([C@]34C(=O)OC5[C@H]3[C@@]54C)nn2C2CC2)ncc1C(F)(F)F. The van der Waals surface area contributed by atoms with Gasteiger partial charge in [-0.15, -0.1) is 0 Å². The van der Waals surface area contributed by atoms with Crippen molar-refractivity contribution in [2.24, 2.45) is 11.3 Å². The van der Waals surface area contributed by atoms with Gasteiger partial charge in [0.1, 0.15) is 28.7 Å². The van der Waals surface area contributed by atoms with Crippen LogP contribution >= 0.6 is 0 Å². The third-order valence-corrected chi connectivity index (χ3v) is 6.93. The third kappa shape index (κ3) is 2.02. The fourth-order valence-electron chi connectivity index (χ4n) is 5.13. The van der Waals surface area contributed by atoms with Crippen molar-refractivity contribution in [1.82, 2.24) is 19.7 Å². The maximum Gasteiger partial charge on any atom is 0.421 e. The molecule has 4 atom stereocenters. The van der Waals surface area contributed by atoms with E-state index >= 15 is 0 Å². The van der Waals surface area contributed by atoms with E-state index in [4.69, 9.17) is 9.84 Å². The van der Waals surface area contributed by atoms with Crippen LogP contribution in [0.4, 0.5) is 30.8 Å². The van der Waals surface area contributed by atoms with Gasteiger partial charge in [-0.1, -0.05) is 6.92 Å². The maximum atomic E-state index is 13.2. The number of carbonyl (C=O) groups is 1. The zero-order chi connectivity index (χ0) is 21.1. The van der Waals surface area contributed by atoms with Gasteiger partial charge < -0.3 is 15.4 Å². The predicted octanol–water partition coefficient (Wildman–Crippen LogP) is 3.02. The van der Waals surface area contributed by atoms with Crippen molar-refractivity contribution in [2.45, 2.75) is 50.4 Å². The number of halogens is 3. The second-order valence-corrected chi connectivity index (χ2v) is 8.59. The summed E-state index contributed by atoms with van der Waals surface area (Å²) in [6.07, 6.45) is -1.89. The minimum Gasteiger partial charge on any atom is -0.461 e. The highest BCUT2D eigenvalue weighted by molar-refractivity contribution is 5.98. The van der Waals surface area contributed by atoms with Crippen LogP contribution in [0.1, 0.15) is 44.0 Å². The molecule has 3 aliphatic carbocycles. The van der Waals surface area contributed by atoms with Crippen LogP contribution in [0.3, 0.4) is 0 Å². The fourth-order valence-corrected chi connectivity index (χ4v) is 5.13. The van der Waals surface area contributed by atoms with Crippen LogP contribution in [0.2, 0.25) is 0 Å². The number of anilines is 3. The third-order valence-electron chi connectivity index (χ3n) is 6.93. The molecule has 3 saturated carbocycles. The van der Waals surface area contributed by atoms with Gasteiger partial charge in [0.15, 0.2) is 0 Å². The number of hydrogen-bond acceptors (Lipinski definition) is 7. The highest BCUT2D eigenvalue weighted by atomic mass is 19.4. The van der Waals surface area contributed by atoms with Gasteiger partial charge in [0.2, 0.25) is 5.95 Å². The molecule has 5 aliphatic rings. The summed E-state index contributed by atoms with van der Waals surface area (Å²) in [5.41, 5.74) is -1.12. The van der Waals surface area contributed by atoms with Crippen LogP contribution in [0.25, 0.3) is 0 Å². The lowest BCUT2D eigenvalue weighted by Gasteiger charge is -2.14. The number of aromatic nitrogens is 4. The van der Waals surface area contributed by atoms with E-state index in [1.54, 1.807) is 17.7 Å². The second-order valence-electron chi connectivity index (χ2n) is 8.59. The fraction of sp³-hybridized carbons (Fsp3) is 0.579. The molecule has 1 unspecified atom stereocenters. The van der Waals surface area contributed by atoms with Gasteiger partial charge in [0.25, 0.3) is 0 Å². The summed E-state index contributed by atoms with van der Waals surface area (Å²) in [5, 5.41) is 10.3. The van der Waals surface area contributed by atoms with E-state index in [2.05, 4.69) is 20.6 Å². The molecule has 158 valence electrons. The normalized spacial score (nSPS) is 33.2. The van der Waals surface area contributed by atoms with Crippen LogP contribution < -0.4 is 10.6 Å². The molecule has 2 N–H and O–H groups in total. The van der Waals surface area contributed by atoms with Gasteiger partial charge in [0.05, 0.1) is 11.7 Å². The molecule has 4 heterocycles. The zero-order valence-corrected chi connectivity index (χ0v) is 16.2. The van der Waals surface area contributed by atoms with Crippen LogP contribution in [-0.4, -0.2) is 38.4 Å². The summed E-state index contributed by atoms with van der Waals surface area (Å²) in [6.45, 7) is 4.02. The topological polar surface area (TPSA) is 94.0 Å². The van der Waals surface area contributed by atoms with Crippen molar-refractivity contribution in [1.29, 1.82) is 0 Å². The highest BCUT2D eigenvalue weighted by Gasteiger charge is 3.04. The van der Waals surface area contributed by atoms with E-state index in [0.717, 1.165) is 19.0 Å². The summed E-state index contributed by atoms with van der Waals surface area (Å²) in [4.78, 5) is 20.3. The molecule has 7 rings (SSSR count). The van der Waals surface area contributed by atoms with Crippen molar-refractivity contribution >= 4 is 23.6 Å². The highest BCUT2D eigenvalue weighted by Crippen LogP contribution is 2.92. The maximum absolute atomic E-state index is 13.2. The standard InChI is InChI=1S/C19H19F3N6O2/c1-3-23-14-9(19(20,21)22)7-24-16(26-14)25-11-6-10(27-28(11)8-4-5-8)18-12-13(17(12,18)2)30-15(18)29/h6-8,12-13H,3-5H2,1-2H3,(H2,23,24,25,26)/t12-,13?,17-,18+/m0/s1. The Bertz CT molecular complexity index is 1100. The second kappa shape index (κ2) is 5.25. The average Bonchev–Trinajstić information content (AvgIpc) is 3.59. The van der Waals surface area contributed by atoms with E-state index in [9.17, 15) is 18.0 Å². The Morgan fingerprint density at radius 2 is 2.10 bits per heavy atom. The summed E-state index contributed by atoms with van der Waals surface area (Å²) in [7, 11) is 0. The van der Waals surface area contributed by atoms with Crippen LogP contribution in [-0.2, 0) is 21.1 Å². The monoisotopic (exact) mass is 420 g/mol. The molecule has 2 bridgehead atoms. The van der Waals surface area contributed by atoms with E-state index in [-0.39, 0.29) is 47.8 Å². The number of rotatable bonds is 6. The first-order valence-electron chi connectivity index (χ1n) is 9.99. The molecule has 8 nitrogen and oxygen atoms in total. The Balaban J connectivity index is 1.35. The quantitative estimate of drug-likeness (QED) is 0.694. The van der Waals surface area contributed by atoms with Gasteiger partial charge in [-0.2, -0.15) is 23.3 Å². The molecule has 2 aromatic heterocycles. The van der Waals surface area contributed by atoms with E-state index in [0.29, 0.717) is 11.5 Å². The van der Waals surface area contributed by atoms with E-state index < -0.39 is 17.2 Å². The number of fused-ring (bicyclic) bond motifs is 1. The predicted molar refractivity (Wildman–Crippen MR) is 98.1 cm³/mol. The molecule has 5 fully saturated rings. The molecule has 0 spiro atoms. The first-order chi connectivity index (χ1) is 14.2. The van der Waals surface area contributed by atoms with Crippen LogP contribution in [0.5, 0.6) is 0 Å². The lowest BCUT2D eigenvalue weighted by molar-refractivity contribution is -0.139. The Kier molecular flexibility index (Phi) is 3.14. The number of nitrogens with zero attached hydrogens (tertiary/aromatic N) is 4. The van der Waals surface area contributed by atoms with Gasteiger partial charge >= 0.3 is 12.1 Å². The first kappa shape index (κ1) is 18.0. The molecule has 11 heteroatoms. The minimum absolute atomic E-state index is 0.00610. The lowest BCUT2D eigenvalue weighted by atomic mass is 9.87. The van der Waals surface area contributed by atoms with Gasteiger partial charge in [0, 0.05) is 30.1 Å². The van der Waals surface area contributed by atoms with Crippen molar-refractivity contribution in [2.75, 3.05) is 17.2 Å². The minimum atomic E-state index is -4.56. The molecule has 0 amide bonds. The molecule has 0 aromatic carbocycles. The van der Waals surface area contributed by atoms with Crippen molar-refractivity contribution < 1.29 is 22.7 Å². The number of esters is 1. The molecule has 0 radical (unpaired) electrons. The van der Waals surface area contributed by atoms with E-state index in [1.165, 1.54) is 0 Å². The van der Waals surface area contributed by atoms with Crippen LogP contribution in [0, 0.1) is 11.3 Å². The Morgan fingerprint density at radius 3 is 2.67 bits per heavy atom. The van der Waals surface area contributed by atoms with Crippen molar-refractivity contribution in [3.8, 4) is 0 Å².